The summed E-state index contributed by atoms with van der Waals surface area (Å²) in [6, 6.07) is 10.2. The van der Waals surface area contributed by atoms with E-state index in [1.807, 2.05) is 18.2 Å². The molecule has 1 heterocycles. The average Bonchev–Trinajstić information content (AvgIpc) is 3.01. The number of hydrogen-bond donors (Lipinski definition) is 1. The molecule has 23 heavy (non-hydrogen) atoms. The van der Waals surface area contributed by atoms with Gasteiger partial charge in [0.05, 0.1) is 7.11 Å². The normalized spacial score (nSPS) is 10.3. The highest BCUT2D eigenvalue weighted by Crippen LogP contribution is 2.17. The van der Waals surface area contributed by atoms with Crippen molar-refractivity contribution in [2.45, 2.75) is 32.1 Å². The van der Waals surface area contributed by atoms with E-state index in [0.717, 1.165) is 17.8 Å². The molecule has 122 valence electrons. The van der Waals surface area contributed by atoms with Gasteiger partial charge in [-0.3, -0.25) is 9.59 Å². The van der Waals surface area contributed by atoms with Gasteiger partial charge in [0.25, 0.3) is 0 Å². The first-order valence-electron chi connectivity index (χ1n) is 7.40. The first kappa shape index (κ1) is 17.1. The summed E-state index contributed by atoms with van der Waals surface area (Å²) in [7, 11) is 1.33. The Hall–Kier alpha value is -2.28. The van der Waals surface area contributed by atoms with Crippen LogP contribution in [0.2, 0.25) is 0 Å². The van der Waals surface area contributed by atoms with E-state index in [4.69, 9.17) is 0 Å². The van der Waals surface area contributed by atoms with E-state index in [1.54, 1.807) is 0 Å². The predicted molar refractivity (Wildman–Crippen MR) is 88.3 cm³/mol. The number of carbonyl (C=O) groups is 2. The second-order valence-electron chi connectivity index (χ2n) is 4.96. The molecule has 0 fully saturated rings. The number of hydrogen-bond acceptors (Lipinski definition) is 6. The van der Waals surface area contributed by atoms with Gasteiger partial charge in [-0.2, -0.15) is 0 Å². The number of methoxy groups -OCH3 is 1. The zero-order valence-corrected chi connectivity index (χ0v) is 13.8. The fraction of sp³-hybridized carbons (Fsp3) is 0.375. The summed E-state index contributed by atoms with van der Waals surface area (Å²) in [6.07, 6.45) is 2.64. The fourth-order valence-electron chi connectivity index (χ4n) is 1.98. The van der Waals surface area contributed by atoms with Crippen LogP contribution in [0, 0.1) is 0 Å². The Kier molecular flexibility index (Phi) is 6.68. The van der Waals surface area contributed by atoms with Gasteiger partial charge in [0.15, 0.2) is 0 Å². The van der Waals surface area contributed by atoms with Crippen LogP contribution in [-0.2, 0) is 27.2 Å². The molecule has 2 rings (SSSR count). The fourth-order valence-corrected chi connectivity index (χ4v) is 2.73. The molecule has 6 nitrogen and oxygen atoms in total. The molecule has 0 radical (unpaired) electrons. The predicted octanol–water partition coefficient (Wildman–Crippen LogP) is 2.61. The molecule has 7 heteroatoms. The van der Waals surface area contributed by atoms with Gasteiger partial charge < -0.3 is 10.1 Å². The minimum Gasteiger partial charge on any atom is -0.469 e. The van der Waals surface area contributed by atoms with Gasteiger partial charge in [0, 0.05) is 19.3 Å². The molecule has 0 bridgehead atoms. The van der Waals surface area contributed by atoms with E-state index in [2.05, 4.69) is 32.4 Å². The van der Waals surface area contributed by atoms with Gasteiger partial charge in [0.1, 0.15) is 5.01 Å². The number of esters is 1. The topological polar surface area (TPSA) is 81.2 Å². The monoisotopic (exact) mass is 333 g/mol. The maximum absolute atomic E-state index is 11.7. The third-order valence-corrected chi connectivity index (χ3v) is 4.09. The average molecular weight is 333 g/mol. The number of carbonyl (C=O) groups excluding carboxylic acids is 2. The largest absolute Gasteiger partial charge is 0.469 e. The number of aryl methyl sites for hydroxylation is 2. The lowest BCUT2D eigenvalue weighted by atomic mass is 10.1. The van der Waals surface area contributed by atoms with Gasteiger partial charge in [0.2, 0.25) is 11.0 Å². The molecular formula is C16H19N3O3S. The Balaban J connectivity index is 1.73. The minimum absolute atomic E-state index is 0.167. The van der Waals surface area contributed by atoms with Crippen molar-refractivity contribution in [2.24, 2.45) is 0 Å². The van der Waals surface area contributed by atoms with Gasteiger partial charge in [-0.15, -0.1) is 10.2 Å². The van der Waals surface area contributed by atoms with E-state index in [9.17, 15) is 9.59 Å². The van der Waals surface area contributed by atoms with E-state index in [-0.39, 0.29) is 24.7 Å². The summed E-state index contributed by atoms with van der Waals surface area (Å²) in [5, 5.41) is 12.1. The number of amides is 1. The van der Waals surface area contributed by atoms with Crippen molar-refractivity contribution >= 4 is 28.3 Å². The molecule has 1 N–H and O–H groups in total. The first-order chi connectivity index (χ1) is 11.2. The number of benzene rings is 1. The quantitative estimate of drug-likeness (QED) is 0.751. The third kappa shape index (κ3) is 6.15. The van der Waals surface area contributed by atoms with Crippen LogP contribution >= 0.6 is 11.3 Å². The number of nitrogens with zero attached hydrogens (tertiary/aromatic N) is 2. The Morgan fingerprint density at radius 3 is 2.65 bits per heavy atom. The van der Waals surface area contributed by atoms with Crippen LogP contribution in [-0.4, -0.2) is 29.2 Å². The molecule has 0 unspecified atom stereocenters. The zero-order valence-electron chi connectivity index (χ0n) is 12.9. The van der Waals surface area contributed by atoms with Crippen LogP contribution in [0.5, 0.6) is 0 Å². The SMILES string of the molecule is COC(=O)CCCC(=O)Nc1nnc(CCc2ccccc2)s1. The molecule has 0 aliphatic heterocycles. The van der Waals surface area contributed by atoms with Crippen molar-refractivity contribution in [3.8, 4) is 0 Å². The van der Waals surface area contributed by atoms with Crippen molar-refractivity contribution in [1.82, 2.24) is 10.2 Å². The number of aromatic nitrogens is 2. The molecule has 0 aliphatic rings. The Morgan fingerprint density at radius 1 is 1.13 bits per heavy atom. The molecule has 2 aromatic rings. The molecule has 1 aromatic heterocycles. The molecule has 1 aromatic carbocycles. The lowest BCUT2D eigenvalue weighted by molar-refractivity contribution is -0.140. The summed E-state index contributed by atoms with van der Waals surface area (Å²) in [6.45, 7) is 0. The first-order valence-corrected chi connectivity index (χ1v) is 8.22. The standard InChI is InChI=1S/C16H19N3O3S/c1-22-15(21)9-5-8-13(20)17-16-19-18-14(23-16)11-10-12-6-3-2-4-7-12/h2-4,6-7H,5,8-11H2,1H3,(H,17,19,20). The van der Waals surface area contributed by atoms with Crippen LogP contribution < -0.4 is 5.32 Å². The Morgan fingerprint density at radius 2 is 1.91 bits per heavy atom. The van der Waals surface area contributed by atoms with Gasteiger partial charge >= 0.3 is 5.97 Å². The van der Waals surface area contributed by atoms with Crippen LogP contribution in [0.25, 0.3) is 0 Å². The number of rotatable bonds is 8. The number of anilines is 1. The van der Waals surface area contributed by atoms with Crippen molar-refractivity contribution in [3.63, 3.8) is 0 Å². The highest BCUT2D eigenvalue weighted by atomic mass is 32.1. The van der Waals surface area contributed by atoms with Crippen molar-refractivity contribution < 1.29 is 14.3 Å². The smallest absolute Gasteiger partial charge is 0.305 e. The van der Waals surface area contributed by atoms with E-state index in [1.165, 1.54) is 24.0 Å². The van der Waals surface area contributed by atoms with Crippen molar-refractivity contribution in [3.05, 3.63) is 40.9 Å². The Bertz CT molecular complexity index is 643. The summed E-state index contributed by atoms with van der Waals surface area (Å²) in [5.41, 5.74) is 1.25. The van der Waals surface area contributed by atoms with E-state index >= 15 is 0 Å². The molecule has 1 amide bonds. The summed E-state index contributed by atoms with van der Waals surface area (Å²) in [5.74, 6) is -0.475. The van der Waals surface area contributed by atoms with Crippen molar-refractivity contribution in [2.75, 3.05) is 12.4 Å². The molecule has 0 spiro atoms. The third-order valence-electron chi connectivity index (χ3n) is 3.20. The van der Waals surface area contributed by atoms with Gasteiger partial charge in [-0.25, -0.2) is 0 Å². The molecule has 0 saturated heterocycles. The van der Waals surface area contributed by atoms with Crippen LogP contribution in [0.15, 0.2) is 30.3 Å². The molecule has 0 atom stereocenters. The van der Waals surface area contributed by atoms with Gasteiger partial charge in [-0.1, -0.05) is 41.7 Å². The molecular weight excluding hydrogens is 314 g/mol. The van der Waals surface area contributed by atoms with Crippen LogP contribution in [0.3, 0.4) is 0 Å². The maximum atomic E-state index is 11.7. The second-order valence-corrected chi connectivity index (χ2v) is 6.03. The second kappa shape index (κ2) is 8.99. The van der Waals surface area contributed by atoms with E-state index < -0.39 is 0 Å². The lowest BCUT2D eigenvalue weighted by Crippen LogP contribution is -2.12. The van der Waals surface area contributed by atoms with Crippen LogP contribution in [0.4, 0.5) is 5.13 Å². The number of ether oxygens (including phenoxy) is 1. The van der Waals surface area contributed by atoms with Crippen molar-refractivity contribution in [1.29, 1.82) is 0 Å². The lowest BCUT2D eigenvalue weighted by Gasteiger charge is -2.00. The molecule has 0 aliphatic carbocycles. The molecule has 0 saturated carbocycles. The highest BCUT2D eigenvalue weighted by molar-refractivity contribution is 7.15. The zero-order chi connectivity index (χ0) is 16.5. The summed E-state index contributed by atoms with van der Waals surface area (Å²) in [4.78, 5) is 22.7. The summed E-state index contributed by atoms with van der Waals surface area (Å²) < 4.78 is 4.53. The minimum atomic E-state index is -0.308. The van der Waals surface area contributed by atoms with Gasteiger partial charge in [-0.05, 0) is 18.4 Å². The maximum Gasteiger partial charge on any atom is 0.305 e. The van der Waals surface area contributed by atoms with Crippen LogP contribution in [0.1, 0.15) is 29.8 Å². The highest BCUT2D eigenvalue weighted by Gasteiger charge is 2.09. The summed E-state index contributed by atoms with van der Waals surface area (Å²) >= 11 is 1.38. The van der Waals surface area contributed by atoms with E-state index in [0.29, 0.717) is 11.6 Å². The number of nitrogens with one attached hydrogen (secondary N) is 1. The Labute approximate surface area is 138 Å².